The van der Waals surface area contributed by atoms with Gasteiger partial charge >= 0.3 is 0 Å². The fourth-order valence-electron chi connectivity index (χ4n) is 4.77. The van der Waals surface area contributed by atoms with Crippen molar-refractivity contribution < 1.29 is 19.1 Å². The molecule has 3 aromatic rings. The molecule has 0 unspecified atom stereocenters. The number of para-hydroxylation sites is 4. The summed E-state index contributed by atoms with van der Waals surface area (Å²) in [5.74, 6) is -0.212. The second-order valence-corrected chi connectivity index (χ2v) is 9.43. The molecule has 4 rings (SSSR count). The zero-order chi connectivity index (χ0) is 28.1. The lowest BCUT2D eigenvalue weighted by Gasteiger charge is -2.32. The maximum atomic E-state index is 13.9. The fraction of sp³-hybridized carbons (Fsp3) is 0.226. The van der Waals surface area contributed by atoms with Gasteiger partial charge in [-0.1, -0.05) is 36.4 Å². The molecule has 1 aliphatic heterocycles. The number of ether oxygens (including phenoxy) is 2. The number of methoxy groups -OCH3 is 2. The van der Waals surface area contributed by atoms with E-state index in [1.165, 1.54) is 0 Å². The number of benzene rings is 3. The second-order valence-electron chi connectivity index (χ2n) is 9.43. The zero-order valence-electron chi connectivity index (χ0n) is 23.1. The number of carbonyl (C=O) groups is 2. The summed E-state index contributed by atoms with van der Waals surface area (Å²) in [5.41, 5.74) is 5.11. The van der Waals surface area contributed by atoms with Crippen LogP contribution in [0.4, 0.5) is 17.1 Å². The highest BCUT2D eigenvalue weighted by atomic mass is 16.5. The molecule has 8 nitrogen and oxygen atoms in total. The van der Waals surface area contributed by atoms with Gasteiger partial charge in [-0.15, -0.1) is 0 Å². The molecule has 1 aliphatic rings. The van der Waals surface area contributed by atoms with Gasteiger partial charge in [0.15, 0.2) is 0 Å². The second kappa shape index (κ2) is 11.8. The number of allylic oxidation sites excluding steroid dienone is 2. The van der Waals surface area contributed by atoms with Gasteiger partial charge in [0.2, 0.25) is 0 Å². The summed E-state index contributed by atoms with van der Waals surface area (Å²) in [6.45, 7) is 3.69. The lowest BCUT2D eigenvalue weighted by molar-refractivity contribution is -0.113. The van der Waals surface area contributed by atoms with Crippen LogP contribution in [0.5, 0.6) is 11.5 Å². The Balaban J connectivity index is 1.79. The standard InChI is InChI=1S/C31H34N4O4/c1-19-27(30(36)33-23-11-7-9-13-25(23)38-5)29(21-15-17-22(18-16-21)35(3)4)28(20(2)32-19)31(37)34-24-12-8-10-14-26(24)39-6/h7-18,29,32H,1-6H3,(H,33,36)(H,34,37). The first kappa shape index (κ1) is 27.3. The molecule has 2 amide bonds. The van der Waals surface area contributed by atoms with Gasteiger partial charge in [0.05, 0.1) is 25.6 Å². The molecule has 0 aromatic heterocycles. The maximum absolute atomic E-state index is 13.9. The Morgan fingerprint density at radius 2 is 1.15 bits per heavy atom. The third-order valence-electron chi connectivity index (χ3n) is 6.70. The van der Waals surface area contributed by atoms with E-state index in [2.05, 4.69) is 16.0 Å². The summed E-state index contributed by atoms with van der Waals surface area (Å²) in [6.07, 6.45) is 0. The number of hydrogen-bond donors (Lipinski definition) is 3. The van der Waals surface area contributed by atoms with Crippen molar-refractivity contribution in [3.63, 3.8) is 0 Å². The van der Waals surface area contributed by atoms with Crippen LogP contribution in [0.15, 0.2) is 95.3 Å². The molecule has 0 bridgehead atoms. The predicted molar refractivity (Wildman–Crippen MR) is 155 cm³/mol. The molecule has 0 aliphatic carbocycles. The fourth-order valence-corrected chi connectivity index (χ4v) is 4.77. The summed E-state index contributed by atoms with van der Waals surface area (Å²) in [4.78, 5) is 29.8. The number of rotatable bonds is 8. The van der Waals surface area contributed by atoms with Crippen molar-refractivity contribution >= 4 is 28.9 Å². The quantitative estimate of drug-likeness (QED) is 0.370. The Hall–Kier alpha value is -4.72. The van der Waals surface area contributed by atoms with Crippen molar-refractivity contribution in [3.05, 3.63) is 101 Å². The Bertz CT molecular complexity index is 1360. The molecule has 0 fully saturated rings. The van der Waals surface area contributed by atoms with Crippen molar-refractivity contribution in [2.24, 2.45) is 0 Å². The Morgan fingerprint density at radius 3 is 1.56 bits per heavy atom. The first-order chi connectivity index (χ1) is 18.7. The summed E-state index contributed by atoms with van der Waals surface area (Å²) < 4.78 is 10.9. The van der Waals surface area contributed by atoms with Gasteiger partial charge in [-0.25, -0.2) is 0 Å². The number of amides is 2. The summed E-state index contributed by atoms with van der Waals surface area (Å²) in [6, 6.07) is 22.3. The number of nitrogens with zero attached hydrogens (tertiary/aromatic N) is 1. The molecular weight excluding hydrogens is 492 g/mol. The lowest BCUT2D eigenvalue weighted by atomic mass is 9.79. The van der Waals surface area contributed by atoms with Crippen LogP contribution in [0.3, 0.4) is 0 Å². The molecule has 202 valence electrons. The van der Waals surface area contributed by atoms with Gasteiger partial charge in [-0.05, 0) is 55.8 Å². The van der Waals surface area contributed by atoms with Gasteiger partial charge in [-0.3, -0.25) is 9.59 Å². The molecule has 3 N–H and O–H groups in total. The third-order valence-corrected chi connectivity index (χ3v) is 6.70. The monoisotopic (exact) mass is 526 g/mol. The first-order valence-corrected chi connectivity index (χ1v) is 12.6. The van der Waals surface area contributed by atoms with E-state index in [1.807, 2.05) is 81.4 Å². The molecule has 0 spiro atoms. The Kier molecular flexibility index (Phi) is 8.24. The third kappa shape index (κ3) is 5.75. The Labute approximate surface area is 229 Å². The van der Waals surface area contributed by atoms with Crippen molar-refractivity contribution in [2.75, 3.05) is 43.8 Å². The van der Waals surface area contributed by atoms with Crippen molar-refractivity contribution in [3.8, 4) is 11.5 Å². The van der Waals surface area contributed by atoms with E-state index in [9.17, 15) is 9.59 Å². The highest BCUT2D eigenvalue weighted by Crippen LogP contribution is 2.40. The van der Waals surface area contributed by atoms with Crippen LogP contribution >= 0.6 is 0 Å². The lowest BCUT2D eigenvalue weighted by Crippen LogP contribution is -2.35. The molecule has 39 heavy (non-hydrogen) atoms. The first-order valence-electron chi connectivity index (χ1n) is 12.6. The van der Waals surface area contributed by atoms with Crippen LogP contribution in [-0.4, -0.2) is 40.1 Å². The number of carbonyl (C=O) groups excluding carboxylic acids is 2. The average molecular weight is 527 g/mol. The van der Waals surface area contributed by atoms with E-state index < -0.39 is 5.92 Å². The molecule has 1 heterocycles. The van der Waals surface area contributed by atoms with Crippen molar-refractivity contribution in [1.82, 2.24) is 5.32 Å². The van der Waals surface area contributed by atoms with Gasteiger partial charge in [0.1, 0.15) is 11.5 Å². The van der Waals surface area contributed by atoms with E-state index in [4.69, 9.17) is 9.47 Å². The highest BCUT2D eigenvalue weighted by molar-refractivity contribution is 6.12. The van der Waals surface area contributed by atoms with E-state index in [0.29, 0.717) is 45.4 Å². The molecular formula is C31H34N4O4. The predicted octanol–water partition coefficient (Wildman–Crippen LogP) is 5.28. The SMILES string of the molecule is COc1ccccc1NC(=O)C1=C(C)NC(C)=C(C(=O)Nc2ccccc2OC)C1c1ccc(N(C)C)cc1. The summed E-state index contributed by atoms with van der Waals surface area (Å²) in [5, 5.41) is 9.24. The van der Waals surface area contributed by atoms with E-state index in [0.717, 1.165) is 11.3 Å². The van der Waals surface area contributed by atoms with Crippen LogP contribution in [0, 0.1) is 0 Å². The van der Waals surface area contributed by atoms with Gasteiger partial charge in [-0.2, -0.15) is 0 Å². The van der Waals surface area contributed by atoms with Gasteiger partial charge < -0.3 is 30.3 Å². The van der Waals surface area contributed by atoms with E-state index >= 15 is 0 Å². The number of nitrogens with one attached hydrogen (secondary N) is 3. The van der Waals surface area contributed by atoms with Crippen molar-refractivity contribution in [1.29, 1.82) is 0 Å². The number of dihydropyridines is 1. The minimum absolute atomic E-state index is 0.332. The largest absolute Gasteiger partial charge is 0.495 e. The topological polar surface area (TPSA) is 91.9 Å². The van der Waals surface area contributed by atoms with Crippen LogP contribution in [0.2, 0.25) is 0 Å². The zero-order valence-corrected chi connectivity index (χ0v) is 23.1. The normalized spacial score (nSPS) is 13.5. The van der Waals surface area contributed by atoms with Crippen LogP contribution in [0.1, 0.15) is 25.3 Å². The molecule has 8 heteroatoms. The van der Waals surface area contributed by atoms with Crippen LogP contribution in [-0.2, 0) is 9.59 Å². The molecule has 0 radical (unpaired) electrons. The highest BCUT2D eigenvalue weighted by Gasteiger charge is 2.37. The number of hydrogen-bond acceptors (Lipinski definition) is 6. The molecule has 0 saturated heterocycles. The molecule has 0 atom stereocenters. The maximum Gasteiger partial charge on any atom is 0.254 e. The van der Waals surface area contributed by atoms with E-state index in [-0.39, 0.29) is 11.8 Å². The van der Waals surface area contributed by atoms with Gasteiger partial charge in [0.25, 0.3) is 11.8 Å². The summed E-state index contributed by atoms with van der Waals surface area (Å²) >= 11 is 0. The minimum atomic E-state index is -0.633. The van der Waals surface area contributed by atoms with Crippen LogP contribution < -0.4 is 30.3 Å². The average Bonchev–Trinajstić information content (AvgIpc) is 2.93. The minimum Gasteiger partial charge on any atom is -0.495 e. The van der Waals surface area contributed by atoms with Gasteiger partial charge in [0, 0.05) is 48.2 Å². The number of anilines is 3. The Morgan fingerprint density at radius 1 is 0.718 bits per heavy atom. The summed E-state index contributed by atoms with van der Waals surface area (Å²) in [7, 11) is 7.04. The molecule has 0 saturated carbocycles. The van der Waals surface area contributed by atoms with E-state index in [1.54, 1.807) is 38.5 Å². The van der Waals surface area contributed by atoms with Crippen molar-refractivity contribution in [2.45, 2.75) is 19.8 Å². The van der Waals surface area contributed by atoms with Crippen LogP contribution in [0.25, 0.3) is 0 Å². The smallest absolute Gasteiger partial charge is 0.254 e. The molecule has 3 aromatic carbocycles.